The van der Waals surface area contributed by atoms with Gasteiger partial charge in [-0.3, -0.25) is 13.9 Å². The van der Waals surface area contributed by atoms with Crippen LogP contribution in [0.2, 0.25) is 0 Å². The van der Waals surface area contributed by atoms with Gasteiger partial charge in [-0.1, -0.05) is 26.0 Å². The van der Waals surface area contributed by atoms with Crippen LogP contribution in [0.25, 0.3) is 21.3 Å². The number of thiophene rings is 1. The molecular weight excluding hydrogens is 348 g/mol. The number of para-hydroxylation sites is 2. The van der Waals surface area contributed by atoms with E-state index in [1.807, 2.05) is 36.7 Å². The summed E-state index contributed by atoms with van der Waals surface area (Å²) in [6, 6.07) is 9.87. The quantitative estimate of drug-likeness (QED) is 0.556. The summed E-state index contributed by atoms with van der Waals surface area (Å²) < 4.78 is 4.99. The fourth-order valence-corrected chi connectivity index (χ4v) is 4.38. The maximum atomic E-state index is 12.6. The molecule has 134 valence electrons. The molecule has 1 aromatic carbocycles. The summed E-state index contributed by atoms with van der Waals surface area (Å²) in [5, 5.41) is 0.608. The molecule has 0 fully saturated rings. The average Bonchev–Trinajstić information content (AvgIpc) is 3.22. The molecule has 0 atom stereocenters. The van der Waals surface area contributed by atoms with Crippen molar-refractivity contribution in [2.24, 2.45) is 13.0 Å². The van der Waals surface area contributed by atoms with Gasteiger partial charge in [-0.15, -0.1) is 11.3 Å². The molecule has 26 heavy (non-hydrogen) atoms. The minimum Gasteiger partial charge on any atom is -0.325 e. The molecule has 0 bridgehead atoms. The highest BCUT2D eigenvalue weighted by Crippen LogP contribution is 2.25. The lowest BCUT2D eigenvalue weighted by atomic mass is 10.2. The van der Waals surface area contributed by atoms with Crippen LogP contribution in [0.4, 0.5) is 0 Å². The number of imidazole rings is 1. The molecule has 3 aromatic heterocycles. The SMILES string of the molecule is CC(C)Cn1c(=O)n(C)c(=O)c2cc(Cn3cnc4ccccc43)sc21. The van der Waals surface area contributed by atoms with E-state index in [0.717, 1.165) is 20.7 Å². The lowest BCUT2D eigenvalue weighted by Crippen LogP contribution is -2.38. The molecule has 0 aliphatic heterocycles. The van der Waals surface area contributed by atoms with Gasteiger partial charge < -0.3 is 4.57 Å². The maximum absolute atomic E-state index is 12.6. The Morgan fingerprint density at radius 1 is 1.19 bits per heavy atom. The van der Waals surface area contributed by atoms with Crippen LogP contribution < -0.4 is 11.2 Å². The zero-order valence-electron chi connectivity index (χ0n) is 15.0. The first kappa shape index (κ1) is 16.8. The molecule has 4 rings (SSSR count). The third-order valence-electron chi connectivity index (χ3n) is 4.46. The maximum Gasteiger partial charge on any atom is 0.331 e. The normalized spacial score (nSPS) is 11.8. The van der Waals surface area contributed by atoms with E-state index in [1.165, 1.54) is 15.9 Å². The van der Waals surface area contributed by atoms with E-state index in [0.29, 0.717) is 24.4 Å². The Morgan fingerprint density at radius 3 is 2.73 bits per heavy atom. The number of benzene rings is 1. The van der Waals surface area contributed by atoms with Crippen molar-refractivity contribution in [1.82, 2.24) is 18.7 Å². The number of hydrogen-bond donors (Lipinski definition) is 0. The monoisotopic (exact) mass is 368 g/mol. The van der Waals surface area contributed by atoms with E-state index in [-0.39, 0.29) is 11.2 Å². The minimum absolute atomic E-state index is 0.233. The summed E-state index contributed by atoms with van der Waals surface area (Å²) in [6.45, 7) is 5.35. The molecule has 6 nitrogen and oxygen atoms in total. The second-order valence-corrected chi connectivity index (χ2v) is 8.06. The Balaban J connectivity index is 1.86. The van der Waals surface area contributed by atoms with Gasteiger partial charge in [0.15, 0.2) is 0 Å². The first-order valence-corrected chi connectivity index (χ1v) is 9.39. The molecule has 0 unspecified atom stereocenters. The number of hydrogen-bond acceptors (Lipinski definition) is 4. The second-order valence-electron chi connectivity index (χ2n) is 6.94. The third-order valence-corrected chi connectivity index (χ3v) is 5.61. The Kier molecular flexibility index (Phi) is 4.03. The van der Waals surface area contributed by atoms with Crippen LogP contribution in [-0.2, 0) is 20.1 Å². The zero-order valence-corrected chi connectivity index (χ0v) is 15.8. The van der Waals surface area contributed by atoms with Crippen molar-refractivity contribution >= 4 is 32.6 Å². The highest BCUT2D eigenvalue weighted by atomic mass is 32.1. The van der Waals surface area contributed by atoms with E-state index in [4.69, 9.17) is 0 Å². The fourth-order valence-electron chi connectivity index (χ4n) is 3.23. The topological polar surface area (TPSA) is 61.8 Å². The Labute approximate surface area is 154 Å². The molecule has 7 heteroatoms. The Morgan fingerprint density at radius 2 is 1.96 bits per heavy atom. The van der Waals surface area contributed by atoms with Crippen LogP contribution in [0, 0.1) is 5.92 Å². The molecule has 0 aliphatic carbocycles. The van der Waals surface area contributed by atoms with Crippen LogP contribution in [0.3, 0.4) is 0 Å². The number of aromatic nitrogens is 4. The second kappa shape index (κ2) is 6.25. The Hall–Kier alpha value is -2.67. The van der Waals surface area contributed by atoms with E-state index in [2.05, 4.69) is 23.4 Å². The summed E-state index contributed by atoms with van der Waals surface area (Å²) in [5.41, 5.74) is 1.51. The zero-order chi connectivity index (χ0) is 18.4. The molecule has 4 aromatic rings. The van der Waals surface area contributed by atoms with Crippen LogP contribution in [0.1, 0.15) is 18.7 Å². The highest BCUT2D eigenvalue weighted by Gasteiger charge is 2.16. The van der Waals surface area contributed by atoms with E-state index < -0.39 is 0 Å². The summed E-state index contributed by atoms with van der Waals surface area (Å²) in [6.07, 6.45) is 1.81. The van der Waals surface area contributed by atoms with Gasteiger partial charge in [0.1, 0.15) is 4.83 Å². The third kappa shape index (κ3) is 2.68. The van der Waals surface area contributed by atoms with Crippen LogP contribution in [-0.4, -0.2) is 18.7 Å². The molecule has 0 N–H and O–H groups in total. The van der Waals surface area contributed by atoms with Crippen molar-refractivity contribution in [3.05, 3.63) is 62.4 Å². The van der Waals surface area contributed by atoms with E-state index >= 15 is 0 Å². The van der Waals surface area contributed by atoms with Gasteiger partial charge in [0.25, 0.3) is 5.56 Å². The number of fused-ring (bicyclic) bond motifs is 2. The highest BCUT2D eigenvalue weighted by molar-refractivity contribution is 7.18. The molecule has 0 radical (unpaired) electrons. The summed E-state index contributed by atoms with van der Waals surface area (Å²) in [7, 11) is 1.54. The van der Waals surface area contributed by atoms with E-state index in [9.17, 15) is 9.59 Å². The van der Waals surface area contributed by atoms with Gasteiger partial charge >= 0.3 is 5.69 Å². The summed E-state index contributed by atoms with van der Waals surface area (Å²) in [4.78, 5) is 31.3. The fraction of sp³-hybridized carbons (Fsp3) is 0.316. The molecule has 0 saturated carbocycles. The lowest BCUT2D eigenvalue weighted by molar-refractivity contribution is 0.504. The van der Waals surface area contributed by atoms with Gasteiger partial charge in [0, 0.05) is 18.5 Å². The van der Waals surface area contributed by atoms with Crippen molar-refractivity contribution in [3.8, 4) is 0 Å². The van der Waals surface area contributed by atoms with Crippen LogP contribution in [0.5, 0.6) is 0 Å². The van der Waals surface area contributed by atoms with Crippen molar-refractivity contribution in [1.29, 1.82) is 0 Å². The van der Waals surface area contributed by atoms with E-state index in [1.54, 1.807) is 11.6 Å². The predicted octanol–water partition coefficient (Wildman–Crippen LogP) is 2.82. The van der Waals surface area contributed by atoms with Gasteiger partial charge in [0.2, 0.25) is 0 Å². The van der Waals surface area contributed by atoms with Crippen LogP contribution in [0.15, 0.2) is 46.2 Å². The van der Waals surface area contributed by atoms with Crippen LogP contribution >= 0.6 is 11.3 Å². The summed E-state index contributed by atoms with van der Waals surface area (Å²) in [5.74, 6) is 0.316. The predicted molar refractivity (Wildman–Crippen MR) is 105 cm³/mol. The number of nitrogens with zero attached hydrogens (tertiary/aromatic N) is 4. The Bertz CT molecular complexity index is 1230. The van der Waals surface area contributed by atoms with Crippen molar-refractivity contribution in [2.75, 3.05) is 0 Å². The average molecular weight is 368 g/mol. The molecular formula is C19H20N4O2S. The van der Waals surface area contributed by atoms with Gasteiger partial charge in [0.05, 0.1) is 29.3 Å². The summed E-state index contributed by atoms with van der Waals surface area (Å²) >= 11 is 1.51. The van der Waals surface area contributed by atoms with Crippen molar-refractivity contribution in [2.45, 2.75) is 26.9 Å². The first-order chi connectivity index (χ1) is 12.5. The van der Waals surface area contributed by atoms with Gasteiger partial charge in [-0.05, 0) is 24.1 Å². The van der Waals surface area contributed by atoms with Gasteiger partial charge in [-0.2, -0.15) is 0 Å². The van der Waals surface area contributed by atoms with Crippen molar-refractivity contribution < 1.29 is 0 Å². The largest absolute Gasteiger partial charge is 0.331 e. The van der Waals surface area contributed by atoms with Gasteiger partial charge in [-0.25, -0.2) is 9.78 Å². The first-order valence-electron chi connectivity index (χ1n) is 8.58. The van der Waals surface area contributed by atoms with Crippen molar-refractivity contribution in [3.63, 3.8) is 0 Å². The molecule has 0 amide bonds. The molecule has 3 heterocycles. The molecule has 0 aliphatic rings. The minimum atomic E-state index is -0.252. The number of rotatable bonds is 4. The lowest BCUT2D eigenvalue weighted by Gasteiger charge is -2.11. The molecule has 0 saturated heterocycles. The smallest absolute Gasteiger partial charge is 0.325 e. The molecule has 0 spiro atoms. The standard InChI is InChI=1S/C19H20N4O2S/c1-12(2)9-23-18-14(17(24)21(3)19(23)25)8-13(26-18)10-22-11-20-15-6-4-5-7-16(15)22/h4-8,11-12H,9-10H2,1-3H3.